The fraction of sp³-hybridized carbons (Fsp3) is 0.500. The van der Waals surface area contributed by atoms with Gasteiger partial charge in [0, 0.05) is 44.8 Å². The fourth-order valence-corrected chi connectivity index (χ4v) is 2.34. The highest BCUT2D eigenvalue weighted by Crippen LogP contribution is 2.15. The molecule has 0 aromatic heterocycles. The summed E-state index contributed by atoms with van der Waals surface area (Å²) < 4.78 is 13.9. The number of rotatable bonds is 4. The smallest absolute Gasteiger partial charge is 0.145 e. The van der Waals surface area contributed by atoms with Crippen molar-refractivity contribution in [3.63, 3.8) is 0 Å². The number of halogens is 1. The highest BCUT2D eigenvalue weighted by Gasteiger charge is 2.18. The maximum atomic E-state index is 13.9. The first-order chi connectivity index (χ1) is 9.24. The van der Waals surface area contributed by atoms with Crippen molar-refractivity contribution in [2.75, 3.05) is 39.3 Å². The van der Waals surface area contributed by atoms with Crippen molar-refractivity contribution in [2.45, 2.75) is 6.54 Å². The molecule has 0 aliphatic carbocycles. The number of β-amino-alcohol motifs (C(OH)–C–C–N with tert-alkyl or cyclic N) is 1. The van der Waals surface area contributed by atoms with Gasteiger partial charge in [0.2, 0.25) is 0 Å². The third-order valence-electron chi connectivity index (χ3n) is 3.47. The lowest BCUT2D eigenvalue weighted by atomic mass is 10.1. The maximum absolute atomic E-state index is 13.9. The summed E-state index contributed by atoms with van der Waals surface area (Å²) in [5.74, 6) is -0.400. The van der Waals surface area contributed by atoms with E-state index in [1.165, 1.54) is 6.07 Å². The van der Waals surface area contributed by atoms with Crippen molar-refractivity contribution < 1.29 is 9.50 Å². The predicted octanol–water partition coefficient (Wildman–Crippen LogP) is 0.807. The zero-order valence-electron chi connectivity index (χ0n) is 10.8. The van der Waals surface area contributed by atoms with Gasteiger partial charge in [-0.2, -0.15) is 5.26 Å². The number of hydrogen-bond donors (Lipinski definition) is 1. The first-order valence-electron chi connectivity index (χ1n) is 6.47. The number of aliphatic hydroxyl groups excluding tert-OH is 1. The second-order valence-electron chi connectivity index (χ2n) is 4.73. The van der Waals surface area contributed by atoms with Crippen LogP contribution in [0.2, 0.25) is 0 Å². The molecule has 0 atom stereocenters. The zero-order valence-corrected chi connectivity index (χ0v) is 10.8. The zero-order chi connectivity index (χ0) is 13.7. The minimum atomic E-state index is -0.400. The van der Waals surface area contributed by atoms with Gasteiger partial charge < -0.3 is 5.11 Å². The highest BCUT2D eigenvalue weighted by atomic mass is 19.1. The molecule has 19 heavy (non-hydrogen) atoms. The van der Waals surface area contributed by atoms with E-state index < -0.39 is 5.82 Å². The summed E-state index contributed by atoms with van der Waals surface area (Å²) in [6.45, 7) is 4.91. The molecule has 4 nitrogen and oxygen atoms in total. The van der Waals surface area contributed by atoms with Gasteiger partial charge in [-0.25, -0.2) is 4.39 Å². The van der Waals surface area contributed by atoms with Crippen LogP contribution in [0.3, 0.4) is 0 Å². The third kappa shape index (κ3) is 3.51. The lowest BCUT2D eigenvalue weighted by Gasteiger charge is -2.34. The number of piperazine rings is 1. The molecule has 1 heterocycles. The molecule has 0 unspecified atom stereocenters. The first kappa shape index (κ1) is 13.9. The van der Waals surface area contributed by atoms with Gasteiger partial charge in [-0.05, 0) is 6.07 Å². The van der Waals surface area contributed by atoms with Crippen LogP contribution in [0.25, 0.3) is 0 Å². The van der Waals surface area contributed by atoms with Crippen LogP contribution in [0.5, 0.6) is 0 Å². The minimum Gasteiger partial charge on any atom is -0.395 e. The van der Waals surface area contributed by atoms with Crippen molar-refractivity contribution in [1.82, 2.24) is 9.80 Å². The Morgan fingerprint density at radius 3 is 2.53 bits per heavy atom. The second kappa shape index (κ2) is 6.62. The van der Waals surface area contributed by atoms with Crippen molar-refractivity contribution >= 4 is 0 Å². The summed E-state index contributed by atoms with van der Waals surface area (Å²) in [5, 5.41) is 17.7. The Balaban J connectivity index is 1.94. The lowest BCUT2D eigenvalue weighted by Crippen LogP contribution is -2.46. The molecule has 1 saturated heterocycles. The molecule has 0 saturated carbocycles. The summed E-state index contributed by atoms with van der Waals surface area (Å²) in [6, 6.07) is 6.82. The van der Waals surface area contributed by atoms with Crippen LogP contribution in [0.15, 0.2) is 18.2 Å². The van der Waals surface area contributed by atoms with Gasteiger partial charge in [-0.1, -0.05) is 12.1 Å². The SMILES string of the molecule is N#Cc1cccc(CN2CCN(CCO)CC2)c1F. The molecular weight excluding hydrogens is 245 g/mol. The van der Waals surface area contributed by atoms with Gasteiger partial charge in [0.25, 0.3) is 0 Å². The number of nitrogens with zero attached hydrogens (tertiary/aromatic N) is 3. The van der Waals surface area contributed by atoms with Gasteiger partial charge in [0.1, 0.15) is 11.9 Å². The van der Waals surface area contributed by atoms with Crippen molar-refractivity contribution in [2.24, 2.45) is 0 Å². The monoisotopic (exact) mass is 263 g/mol. The Labute approximate surface area is 112 Å². The molecular formula is C14H18FN3O. The molecule has 1 aliphatic rings. The van der Waals surface area contributed by atoms with Gasteiger partial charge in [0.05, 0.1) is 12.2 Å². The molecule has 1 aliphatic heterocycles. The summed E-state index contributed by atoms with van der Waals surface area (Å²) in [6.07, 6.45) is 0. The van der Waals surface area contributed by atoms with E-state index in [2.05, 4.69) is 9.80 Å². The minimum absolute atomic E-state index is 0.108. The normalized spacial score (nSPS) is 17.3. The summed E-state index contributed by atoms with van der Waals surface area (Å²) in [4.78, 5) is 4.37. The van der Waals surface area contributed by atoms with Gasteiger partial charge >= 0.3 is 0 Å². The summed E-state index contributed by atoms with van der Waals surface area (Å²) in [5.41, 5.74) is 0.686. The topological polar surface area (TPSA) is 50.5 Å². The summed E-state index contributed by atoms with van der Waals surface area (Å²) >= 11 is 0. The molecule has 1 aromatic rings. The quantitative estimate of drug-likeness (QED) is 0.873. The number of nitriles is 1. The molecule has 5 heteroatoms. The highest BCUT2D eigenvalue weighted by molar-refractivity contribution is 5.34. The molecule has 0 bridgehead atoms. The second-order valence-corrected chi connectivity index (χ2v) is 4.73. The Kier molecular flexibility index (Phi) is 4.86. The van der Waals surface area contributed by atoms with Crippen LogP contribution in [0.1, 0.15) is 11.1 Å². The molecule has 1 aromatic carbocycles. The standard InChI is InChI=1S/C14H18FN3O/c15-14-12(10-16)2-1-3-13(14)11-18-6-4-17(5-7-18)8-9-19/h1-3,19H,4-9,11H2. The van der Waals surface area contributed by atoms with E-state index in [1.807, 2.05) is 6.07 Å². The Hall–Kier alpha value is -1.48. The van der Waals surface area contributed by atoms with Crippen LogP contribution < -0.4 is 0 Å². The average Bonchev–Trinajstić information content (AvgIpc) is 2.43. The van der Waals surface area contributed by atoms with Crippen molar-refractivity contribution in [3.8, 4) is 6.07 Å². The average molecular weight is 263 g/mol. The van der Waals surface area contributed by atoms with E-state index in [0.717, 1.165) is 26.2 Å². The number of benzene rings is 1. The molecule has 0 spiro atoms. The Bertz CT molecular complexity index is 464. The van der Waals surface area contributed by atoms with Crippen LogP contribution in [0.4, 0.5) is 4.39 Å². The fourth-order valence-electron chi connectivity index (χ4n) is 2.34. The Morgan fingerprint density at radius 2 is 1.89 bits per heavy atom. The first-order valence-corrected chi connectivity index (χ1v) is 6.47. The molecule has 1 fully saturated rings. The molecule has 0 radical (unpaired) electrons. The van der Waals surface area contributed by atoms with Crippen LogP contribution in [-0.2, 0) is 6.54 Å². The maximum Gasteiger partial charge on any atom is 0.145 e. The van der Waals surface area contributed by atoms with E-state index in [4.69, 9.17) is 10.4 Å². The molecule has 2 rings (SSSR count). The molecule has 102 valence electrons. The van der Waals surface area contributed by atoms with Gasteiger partial charge in [-0.3, -0.25) is 9.80 Å². The number of hydrogen-bond acceptors (Lipinski definition) is 4. The largest absolute Gasteiger partial charge is 0.395 e. The molecule has 1 N–H and O–H groups in total. The lowest BCUT2D eigenvalue weighted by molar-refractivity contribution is 0.108. The van der Waals surface area contributed by atoms with Gasteiger partial charge in [0.15, 0.2) is 0 Å². The van der Waals surface area contributed by atoms with Crippen LogP contribution in [-0.4, -0.2) is 54.2 Å². The van der Waals surface area contributed by atoms with E-state index in [-0.39, 0.29) is 12.2 Å². The van der Waals surface area contributed by atoms with Crippen LogP contribution in [0, 0.1) is 17.1 Å². The van der Waals surface area contributed by atoms with Crippen LogP contribution >= 0.6 is 0 Å². The molecule has 0 amide bonds. The van der Waals surface area contributed by atoms with E-state index in [0.29, 0.717) is 18.7 Å². The van der Waals surface area contributed by atoms with Crippen molar-refractivity contribution in [1.29, 1.82) is 5.26 Å². The predicted molar refractivity (Wildman–Crippen MR) is 69.9 cm³/mol. The third-order valence-corrected chi connectivity index (χ3v) is 3.47. The number of aliphatic hydroxyl groups is 1. The van der Waals surface area contributed by atoms with Crippen molar-refractivity contribution in [3.05, 3.63) is 35.1 Å². The van der Waals surface area contributed by atoms with Gasteiger partial charge in [-0.15, -0.1) is 0 Å². The van der Waals surface area contributed by atoms with E-state index in [1.54, 1.807) is 12.1 Å². The van der Waals surface area contributed by atoms with E-state index >= 15 is 0 Å². The van der Waals surface area contributed by atoms with E-state index in [9.17, 15) is 4.39 Å². The Morgan fingerprint density at radius 1 is 1.21 bits per heavy atom. The summed E-state index contributed by atoms with van der Waals surface area (Å²) in [7, 11) is 0.